The minimum absolute atomic E-state index is 0.166. The molecule has 0 saturated carbocycles. The highest BCUT2D eigenvalue weighted by Gasteiger charge is 2.18. The Balaban J connectivity index is 3.06. The van der Waals surface area contributed by atoms with E-state index < -0.39 is 10.1 Å². The number of fused-ring (bicyclic) bond motifs is 1. The third-order valence-corrected chi connectivity index (χ3v) is 4.52. The van der Waals surface area contributed by atoms with E-state index in [1.54, 1.807) is 12.1 Å². The van der Waals surface area contributed by atoms with Crippen LogP contribution in [0.5, 0.6) is 0 Å². The van der Waals surface area contributed by atoms with E-state index in [0.717, 1.165) is 0 Å². The van der Waals surface area contributed by atoms with E-state index >= 15 is 0 Å². The second kappa shape index (κ2) is 4.24. The zero-order valence-corrected chi connectivity index (χ0v) is 12.3. The number of halogens is 2. The first kappa shape index (κ1) is 12.8. The summed E-state index contributed by atoms with van der Waals surface area (Å²) in [7, 11) is -4.28. The molecule has 0 bridgehead atoms. The van der Waals surface area contributed by atoms with Crippen molar-refractivity contribution in [3.63, 3.8) is 0 Å². The molecule has 90 valence electrons. The fraction of sp³-hybridized carbons (Fsp3) is 0. The first-order chi connectivity index (χ1) is 7.82. The Morgan fingerprint density at radius 3 is 2.41 bits per heavy atom. The van der Waals surface area contributed by atoms with Crippen LogP contribution >= 0.6 is 31.9 Å². The molecule has 2 aromatic carbocycles. The van der Waals surface area contributed by atoms with Gasteiger partial charge in [-0.25, -0.2) is 0 Å². The molecule has 17 heavy (non-hydrogen) atoms. The van der Waals surface area contributed by atoms with Crippen molar-refractivity contribution in [1.82, 2.24) is 0 Å². The van der Waals surface area contributed by atoms with Gasteiger partial charge in [0, 0.05) is 19.7 Å². The van der Waals surface area contributed by atoms with Gasteiger partial charge in [0.1, 0.15) is 4.90 Å². The molecule has 0 spiro atoms. The Kier molecular flexibility index (Phi) is 3.19. The van der Waals surface area contributed by atoms with Crippen LogP contribution in [-0.4, -0.2) is 13.0 Å². The van der Waals surface area contributed by atoms with Gasteiger partial charge in [-0.1, -0.05) is 28.1 Å². The van der Waals surface area contributed by atoms with Gasteiger partial charge in [-0.05, 0) is 28.1 Å². The summed E-state index contributed by atoms with van der Waals surface area (Å²) < 4.78 is 32.9. The molecule has 0 aliphatic heterocycles. The lowest BCUT2D eigenvalue weighted by Crippen LogP contribution is -2.00. The fourth-order valence-corrected chi connectivity index (χ4v) is 3.87. The summed E-state index contributed by atoms with van der Waals surface area (Å²) in [5.41, 5.74) is 6.28. The highest BCUT2D eigenvalue weighted by molar-refractivity contribution is 9.11. The summed E-state index contributed by atoms with van der Waals surface area (Å²) in [5.74, 6) is 0. The second-order valence-corrected chi connectivity index (χ2v) is 6.51. The summed E-state index contributed by atoms with van der Waals surface area (Å²) in [6.45, 7) is 0. The van der Waals surface area contributed by atoms with Gasteiger partial charge in [0.15, 0.2) is 0 Å². The van der Waals surface area contributed by atoms with Crippen LogP contribution in [0.2, 0.25) is 0 Å². The van der Waals surface area contributed by atoms with E-state index in [9.17, 15) is 13.0 Å². The van der Waals surface area contributed by atoms with Crippen LogP contribution in [0.1, 0.15) is 0 Å². The molecule has 7 heteroatoms. The number of hydrogen-bond acceptors (Lipinski definition) is 3. The summed E-state index contributed by atoms with van der Waals surface area (Å²) in [4.78, 5) is -0.166. The molecular formula is C10H7Br2NO3S. The Morgan fingerprint density at radius 2 is 1.82 bits per heavy atom. The maximum Gasteiger partial charge on any atom is 0.295 e. The van der Waals surface area contributed by atoms with Gasteiger partial charge in [0.2, 0.25) is 0 Å². The molecule has 0 aromatic heterocycles. The number of nitrogens with two attached hydrogens (primary N) is 1. The quantitative estimate of drug-likeness (QED) is 0.588. The van der Waals surface area contributed by atoms with E-state index in [1.165, 1.54) is 12.1 Å². The molecule has 0 aliphatic carbocycles. The van der Waals surface area contributed by atoms with Crippen molar-refractivity contribution in [3.05, 3.63) is 33.2 Å². The van der Waals surface area contributed by atoms with Crippen molar-refractivity contribution in [1.29, 1.82) is 0 Å². The summed E-state index contributed by atoms with van der Waals surface area (Å²) in [6, 6.07) is 6.19. The standard InChI is InChI=1S/C10H7Br2NO3S/c11-6-4-7(12)10(13)5-2-1-3-8(9(5)6)17(14,15)16/h1-4H,13H2,(H,14,15,16). The SMILES string of the molecule is Nc1c(Br)cc(Br)c2c(S(=O)(=O)O)cccc12. The number of benzene rings is 2. The van der Waals surface area contributed by atoms with Crippen molar-refractivity contribution in [3.8, 4) is 0 Å². The van der Waals surface area contributed by atoms with E-state index in [-0.39, 0.29) is 4.90 Å². The van der Waals surface area contributed by atoms with Crippen LogP contribution in [0, 0.1) is 0 Å². The number of nitrogen functional groups attached to an aromatic ring is 1. The molecule has 3 N–H and O–H groups in total. The molecule has 0 atom stereocenters. The molecule has 2 rings (SSSR count). The average Bonchev–Trinajstić information content (AvgIpc) is 2.24. The molecule has 4 nitrogen and oxygen atoms in total. The number of anilines is 1. The number of hydrogen-bond donors (Lipinski definition) is 2. The smallest absolute Gasteiger partial charge is 0.295 e. The lowest BCUT2D eigenvalue weighted by Gasteiger charge is -2.10. The highest BCUT2D eigenvalue weighted by Crippen LogP contribution is 2.37. The maximum absolute atomic E-state index is 11.3. The Hall–Kier alpha value is -0.630. The van der Waals surface area contributed by atoms with Crippen molar-refractivity contribution < 1.29 is 13.0 Å². The average molecular weight is 381 g/mol. The zero-order valence-electron chi connectivity index (χ0n) is 8.31. The van der Waals surface area contributed by atoms with Crippen molar-refractivity contribution >= 4 is 58.4 Å². The fourth-order valence-electron chi connectivity index (χ4n) is 1.61. The normalized spacial score (nSPS) is 11.9. The van der Waals surface area contributed by atoms with Crippen LogP contribution in [0.4, 0.5) is 5.69 Å². The van der Waals surface area contributed by atoms with Crippen LogP contribution in [0.15, 0.2) is 38.1 Å². The molecule has 0 aliphatic rings. The van der Waals surface area contributed by atoms with E-state index in [0.29, 0.717) is 25.4 Å². The lowest BCUT2D eigenvalue weighted by molar-refractivity contribution is 0.484. The highest BCUT2D eigenvalue weighted by atomic mass is 79.9. The predicted octanol–water partition coefficient (Wildman–Crippen LogP) is 3.19. The molecule has 0 heterocycles. The maximum atomic E-state index is 11.3. The Bertz CT molecular complexity index is 713. The third-order valence-electron chi connectivity index (χ3n) is 2.34. The van der Waals surface area contributed by atoms with Crippen LogP contribution in [0.25, 0.3) is 10.8 Å². The Morgan fingerprint density at radius 1 is 1.18 bits per heavy atom. The van der Waals surface area contributed by atoms with Gasteiger partial charge < -0.3 is 5.73 Å². The van der Waals surface area contributed by atoms with Gasteiger partial charge in [-0.15, -0.1) is 0 Å². The van der Waals surface area contributed by atoms with E-state index in [2.05, 4.69) is 31.9 Å². The predicted molar refractivity (Wildman–Crippen MR) is 73.6 cm³/mol. The molecule has 2 aromatic rings. The molecular weight excluding hydrogens is 374 g/mol. The monoisotopic (exact) mass is 379 g/mol. The van der Waals surface area contributed by atoms with E-state index in [4.69, 9.17) is 5.73 Å². The zero-order chi connectivity index (χ0) is 12.8. The first-order valence-electron chi connectivity index (χ1n) is 4.46. The molecule has 0 fully saturated rings. The first-order valence-corrected chi connectivity index (χ1v) is 7.48. The van der Waals surface area contributed by atoms with Crippen LogP contribution in [0.3, 0.4) is 0 Å². The minimum Gasteiger partial charge on any atom is -0.397 e. The van der Waals surface area contributed by atoms with Gasteiger partial charge in [0.25, 0.3) is 10.1 Å². The summed E-state index contributed by atoms with van der Waals surface area (Å²) in [6.07, 6.45) is 0. The topological polar surface area (TPSA) is 80.4 Å². The van der Waals surface area contributed by atoms with Crippen molar-refractivity contribution in [2.45, 2.75) is 4.90 Å². The van der Waals surface area contributed by atoms with Gasteiger partial charge in [-0.2, -0.15) is 8.42 Å². The van der Waals surface area contributed by atoms with Gasteiger partial charge in [-0.3, -0.25) is 4.55 Å². The molecule has 0 saturated heterocycles. The second-order valence-electron chi connectivity index (χ2n) is 3.41. The lowest BCUT2D eigenvalue weighted by atomic mass is 10.1. The van der Waals surface area contributed by atoms with Gasteiger partial charge in [0.05, 0.1) is 5.69 Å². The molecule has 0 unspecified atom stereocenters. The molecule has 0 radical (unpaired) electrons. The minimum atomic E-state index is -4.28. The van der Waals surface area contributed by atoms with Gasteiger partial charge >= 0.3 is 0 Å². The van der Waals surface area contributed by atoms with Crippen molar-refractivity contribution in [2.24, 2.45) is 0 Å². The van der Waals surface area contributed by atoms with Crippen LogP contribution < -0.4 is 5.73 Å². The van der Waals surface area contributed by atoms with Crippen molar-refractivity contribution in [2.75, 3.05) is 5.73 Å². The summed E-state index contributed by atoms with van der Waals surface area (Å²) in [5, 5.41) is 0.928. The largest absolute Gasteiger partial charge is 0.397 e. The van der Waals surface area contributed by atoms with E-state index in [1.807, 2.05) is 0 Å². The third kappa shape index (κ3) is 2.20. The Labute approximate surface area is 115 Å². The summed E-state index contributed by atoms with van der Waals surface area (Å²) >= 11 is 6.54. The number of rotatable bonds is 1. The van der Waals surface area contributed by atoms with Crippen LogP contribution in [-0.2, 0) is 10.1 Å². The molecule has 0 amide bonds.